The van der Waals surface area contributed by atoms with E-state index in [2.05, 4.69) is 26.2 Å². The molecule has 0 fully saturated rings. The monoisotopic (exact) mass is 354 g/mol. The van der Waals surface area contributed by atoms with Crippen molar-refractivity contribution in [3.05, 3.63) is 63.9 Å². The van der Waals surface area contributed by atoms with Crippen LogP contribution in [0.2, 0.25) is 0 Å². The van der Waals surface area contributed by atoms with Gasteiger partial charge in [0.2, 0.25) is 0 Å². The van der Waals surface area contributed by atoms with Crippen molar-refractivity contribution in [1.82, 2.24) is 10.3 Å². The molecule has 1 N–H and O–H groups in total. The number of benzene rings is 1. The highest BCUT2D eigenvalue weighted by atomic mass is 79.9. The fourth-order valence-corrected chi connectivity index (χ4v) is 2.64. The lowest BCUT2D eigenvalue weighted by atomic mass is 9.98. The molecule has 0 saturated carbocycles. The molecule has 1 heterocycles. The van der Waals surface area contributed by atoms with Crippen LogP contribution in [0.5, 0.6) is 0 Å². The number of nitrogens with zero attached hydrogens (tertiary/aromatic N) is 1. The molecular weight excluding hydrogens is 338 g/mol. The summed E-state index contributed by atoms with van der Waals surface area (Å²) in [4.78, 5) is 3.96. The number of hydrogen-bond acceptors (Lipinski definition) is 2. The van der Waals surface area contributed by atoms with Crippen LogP contribution in [-0.2, 0) is 6.42 Å². The molecule has 2 aromatic rings. The van der Waals surface area contributed by atoms with Gasteiger partial charge in [-0.15, -0.1) is 0 Å². The largest absolute Gasteiger partial charge is 0.309 e. The molecule has 1 aromatic heterocycles. The molecule has 0 aliphatic heterocycles. The van der Waals surface area contributed by atoms with Gasteiger partial charge in [0.1, 0.15) is 11.6 Å². The zero-order chi connectivity index (χ0) is 15.2. The quantitative estimate of drug-likeness (QED) is 0.831. The van der Waals surface area contributed by atoms with Gasteiger partial charge in [-0.25, -0.2) is 8.78 Å². The first-order valence-corrected chi connectivity index (χ1v) is 7.67. The molecule has 0 aliphatic rings. The molecular formula is C16H17BrF2N2. The lowest BCUT2D eigenvalue weighted by Crippen LogP contribution is -2.26. The van der Waals surface area contributed by atoms with E-state index in [1.54, 1.807) is 12.4 Å². The van der Waals surface area contributed by atoms with Crippen LogP contribution in [-0.4, -0.2) is 11.5 Å². The Morgan fingerprint density at radius 2 is 1.81 bits per heavy atom. The second-order valence-electron chi connectivity index (χ2n) is 4.85. The molecule has 0 bridgehead atoms. The second-order valence-corrected chi connectivity index (χ2v) is 5.77. The maximum absolute atomic E-state index is 14.2. The normalized spacial score (nSPS) is 12.4. The van der Waals surface area contributed by atoms with E-state index in [0.29, 0.717) is 17.4 Å². The van der Waals surface area contributed by atoms with E-state index < -0.39 is 17.7 Å². The lowest BCUT2D eigenvalue weighted by Gasteiger charge is -2.20. The highest BCUT2D eigenvalue weighted by Gasteiger charge is 2.21. The Hall–Kier alpha value is -1.33. The first-order valence-electron chi connectivity index (χ1n) is 6.88. The Morgan fingerprint density at radius 1 is 1.19 bits per heavy atom. The Morgan fingerprint density at radius 3 is 2.38 bits per heavy atom. The fourth-order valence-electron chi connectivity index (χ4n) is 2.24. The molecule has 21 heavy (non-hydrogen) atoms. The Bertz CT molecular complexity index is 567. The third kappa shape index (κ3) is 4.32. The van der Waals surface area contributed by atoms with E-state index in [0.717, 1.165) is 12.0 Å². The summed E-state index contributed by atoms with van der Waals surface area (Å²) in [5, 5.41) is 3.22. The minimum atomic E-state index is -0.537. The number of pyridine rings is 1. The maximum Gasteiger partial charge on any atom is 0.132 e. The van der Waals surface area contributed by atoms with Crippen molar-refractivity contribution in [1.29, 1.82) is 0 Å². The van der Waals surface area contributed by atoms with Crippen LogP contribution in [0.25, 0.3) is 0 Å². The van der Waals surface area contributed by atoms with Gasteiger partial charge in [-0.3, -0.25) is 4.98 Å². The third-order valence-corrected chi connectivity index (χ3v) is 3.68. The summed E-state index contributed by atoms with van der Waals surface area (Å²) >= 11 is 3.11. The number of rotatable bonds is 6. The summed E-state index contributed by atoms with van der Waals surface area (Å²) in [7, 11) is 0. The van der Waals surface area contributed by atoms with Gasteiger partial charge in [-0.1, -0.05) is 22.9 Å². The van der Waals surface area contributed by atoms with Crippen LogP contribution >= 0.6 is 15.9 Å². The molecule has 2 rings (SSSR count). The molecule has 1 unspecified atom stereocenters. The molecule has 0 aliphatic carbocycles. The smallest absolute Gasteiger partial charge is 0.132 e. The number of nitrogens with one attached hydrogen (secondary N) is 1. The van der Waals surface area contributed by atoms with E-state index >= 15 is 0 Å². The molecule has 1 aromatic carbocycles. The van der Waals surface area contributed by atoms with Gasteiger partial charge < -0.3 is 5.32 Å². The van der Waals surface area contributed by atoms with Crippen molar-refractivity contribution in [3.8, 4) is 0 Å². The predicted molar refractivity (Wildman–Crippen MR) is 83.0 cm³/mol. The van der Waals surface area contributed by atoms with Gasteiger partial charge in [-0.2, -0.15) is 0 Å². The van der Waals surface area contributed by atoms with Crippen LogP contribution in [0, 0.1) is 11.6 Å². The minimum absolute atomic E-state index is 0.0865. The SMILES string of the molecule is CCCNC(Cc1ccncc1)c1c(F)cc(Br)cc1F. The van der Waals surface area contributed by atoms with Crippen LogP contribution in [0.15, 0.2) is 41.1 Å². The fraction of sp³-hybridized carbons (Fsp3) is 0.312. The summed E-state index contributed by atoms with van der Waals surface area (Å²) in [6.45, 7) is 2.72. The molecule has 0 spiro atoms. The van der Waals surface area contributed by atoms with E-state index in [1.807, 2.05) is 19.1 Å². The van der Waals surface area contributed by atoms with Gasteiger partial charge in [0.05, 0.1) is 0 Å². The Balaban J connectivity index is 2.32. The summed E-state index contributed by atoms with van der Waals surface area (Å²) < 4.78 is 28.7. The minimum Gasteiger partial charge on any atom is -0.309 e. The van der Waals surface area contributed by atoms with Crippen LogP contribution in [0.3, 0.4) is 0 Å². The van der Waals surface area contributed by atoms with E-state index in [1.165, 1.54) is 12.1 Å². The van der Waals surface area contributed by atoms with Gasteiger partial charge in [0.25, 0.3) is 0 Å². The molecule has 112 valence electrons. The average molecular weight is 355 g/mol. The zero-order valence-corrected chi connectivity index (χ0v) is 13.3. The number of hydrogen-bond donors (Lipinski definition) is 1. The highest BCUT2D eigenvalue weighted by molar-refractivity contribution is 9.10. The first-order chi connectivity index (χ1) is 10.1. The summed E-state index contributed by atoms with van der Waals surface area (Å²) in [6.07, 6.45) is 4.77. The molecule has 1 atom stereocenters. The maximum atomic E-state index is 14.2. The number of halogens is 3. The van der Waals surface area contributed by atoms with Crippen molar-refractivity contribution in [3.63, 3.8) is 0 Å². The Kier molecular flexibility index (Phi) is 5.82. The lowest BCUT2D eigenvalue weighted by molar-refractivity contribution is 0.463. The van der Waals surface area contributed by atoms with Crippen LogP contribution in [0.4, 0.5) is 8.78 Å². The standard InChI is InChI=1S/C16H17BrF2N2/c1-2-5-21-15(8-11-3-6-20-7-4-11)16-13(18)9-12(17)10-14(16)19/h3-4,6-7,9-10,15,21H,2,5,8H2,1H3. The van der Waals surface area contributed by atoms with Gasteiger partial charge in [0, 0.05) is 28.5 Å². The summed E-state index contributed by atoms with van der Waals surface area (Å²) in [5.74, 6) is -1.07. The Labute approximate surface area is 131 Å². The third-order valence-electron chi connectivity index (χ3n) is 3.22. The van der Waals surface area contributed by atoms with Gasteiger partial charge >= 0.3 is 0 Å². The molecule has 5 heteroatoms. The van der Waals surface area contributed by atoms with Crippen molar-refractivity contribution in [2.75, 3.05) is 6.54 Å². The average Bonchev–Trinajstić information content (AvgIpc) is 2.44. The summed E-state index contributed by atoms with van der Waals surface area (Å²) in [5.41, 5.74) is 1.07. The van der Waals surface area contributed by atoms with Crippen LogP contribution in [0.1, 0.15) is 30.5 Å². The van der Waals surface area contributed by atoms with Crippen molar-refractivity contribution in [2.45, 2.75) is 25.8 Å². The second kappa shape index (κ2) is 7.61. The molecule has 0 radical (unpaired) electrons. The highest BCUT2D eigenvalue weighted by Crippen LogP contribution is 2.27. The van der Waals surface area contributed by atoms with Crippen molar-refractivity contribution >= 4 is 15.9 Å². The van der Waals surface area contributed by atoms with Crippen molar-refractivity contribution < 1.29 is 8.78 Å². The molecule has 2 nitrogen and oxygen atoms in total. The van der Waals surface area contributed by atoms with Gasteiger partial charge in [-0.05, 0) is 49.2 Å². The number of aromatic nitrogens is 1. The predicted octanol–water partition coefficient (Wildman–Crippen LogP) is 4.41. The first kappa shape index (κ1) is 16.0. The van der Waals surface area contributed by atoms with E-state index in [4.69, 9.17) is 0 Å². The zero-order valence-electron chi connectivity index (χ0n) is 11.7. The van der Waals surface area contributed by atoms with Gasteiger partial charge in [0.15, 0.2) is 0 Å². The van der Waals surface area contributed by atoms with E-state index in [9.17, 15) is 8.78 Å². The van der Waals surface area contributed by atoms with E-state index in [-0.39, 0.29) is 5.56 Å². The summed E-state index contributed by atoms with van der Waals surface area (Å²) in [6, 6.07) is 5.90. The molecule has 0 amide bonds. The van der Waals surface area contributed by atoms with Crippen molar-refractivity contribution in [2.24, 2.45) is 0 Å². The topological polar surface area (TPSA) is 24.9 Å². The molecule has 0 saturated heterocycles. The van der Waals surface area contributed by atoms with Crippen LogP contribution < -0.4 is 5.32 Å².